The van der Waals surface area contributed by atoms with Crippen LogP contribution < -0.4 is 9.64 Å². The van der Waals surface area contributed by atoms with Gasteiger partial charge in [0.2, 0.25) is 0 Å². The molecule has 0 spiro atoms. The summed E-state index contributed by atoms with van der Waals surface area (Å²) in [6.07, 6.45) is 3.82. The van der Waals surface area contributed by atoms with Gasteiger partial charge in [0.1, 0.15) is 5.75 Å². The average Bonchev–Trinajstić information content (AvgIpc) is 3.35. The van der Waals surface area contributed by atoms with E-state index in [1.165, 1.54) is 3.97 Å². The van der Waals surface area contributed by atoms with Crippen LogP contribution in [0.2, 0.25) is 0 Å². The molecule has 0 radical (unpaired) electrons. The monoisotopic (exact) mass is 489 g/mol. The Bertz CT molecular complexity index is 1350. The lowest BCUT2D eigenvalue weighted by Crippen LogP contribution is -2.46. The van der Waals surface area contributed by atoms with Crippen LogP contribution in [0.3, 0.4) is 0 Å². The molecule has 2 heterocycles. The highest BCUT2D eigenvalue weighted by molar-refractivity contribution is 7.90. The molecule has 0 N–H and O–H groups in total. The summed E-state index contributed by atoms with van der Waals surface area (Å²) < 4.78 is 33.6. The molecule has 0 amide bonds. The molecule has 5 rings (SSSR count). The number of fused-ring (bicyclic) bond motifs is 1. The summed E-state index contributed by atoms with van der Waals surface area (Å²) >= 11 is 0. The second kappa shape index (κ2) is 10.5. The lowest BCUT2D eigenvalue weighted by Gasteiger charge is -2.36. The standard InChI is InChI=1S/C28H31N3O3S/c32-35(33,25-12-5-2-6-13-25)31-18-16-26-27(14-9-15-28(26)31)30-21-19-29(20-22-30)17-7-8-23-34-24-10-3-1-4-11-24/h1-6,9-16,18H,7-8,17,19-23H2. The highest BCUT2D eigenvalue weighted by atomic mass is 32.2. The maximum Gasteiger partial charge on any atom is 0.268 e. The summed E-state index contributed by atoms with van der Waals surface area (Å²) in [6.45, 7) is 5.67. The van der Waals surface area contributed by atoms with Crippen LogP contribution in [0.1, 0.15) is 12.8 Å². The highest BCUT2D eigenvalue weighted by Crippen LogP contribution is 2.31. The predicted molar refractivity (Wildman–Crippen MR) is 141 cm³/mol. The van der Waals surface area contributed by atoms with Crippen LogP contribution in [0.15, 0.2) is 96.0 Å². The van der Waals surface area contributed by atoms with Gasteiger partial charge in [-0.05, 0) is 61.9 Å². The molecule has 1 aromatic heterocycles. The van der Waals surface area contributed by atoms with E-state index in [1.807, 2.05) is 54.6 Å². The number of benzene rings is 3. The number of anilines is 1. The largest absolute Gasteiger partial charge is 0.494 e. The molecule has 1 fully saturated rings. The van der Waals surface area contributed by atoms with Gasteiger partial charge >= 0.3 is 0 Å². The van der Waals surface area contributed by atoms with Gasteiger partial charge in [-0.3, -0.25) is 4.90 Å². The van der Waals surface area contributed by atoms with Crippen molar-refractivity contribution in [2.75, 3.05) is 44.2 Å². The molecular formula is C28H31N3O3S. The number of hydrogen-bond donors (Lipinski definition) is 0. The summed E-state index contributed by atoms with van der Waals surface area (Å²) in [6, 6.07) is 26.4. The van der Waals surface area contributed by atoms with Crippen molar-refractivity contribution in [1.82, 2.24) is 8.87 Å². The Morgan fingerprint density at radius 3 is 2.20 bits per heavy atom. The molecular weight excluding hydrogens is 458 g/mol. The van der Waals surface area contributed by atoms with Crippen molar-refractivity contribution < 1.29 is 13.2 Å². The predicted octanol–water partition coefficient (Wildman–Crippen LogP) is 4.86. The van der Waals surface area contributed by atoms with Gasteiger partial charge < -0.3 is 9.64 Å². The molecule has 1 saturated heterocycles. The van der Waals surface area contributed by atoms with Crippen LogP contribution in [0.5, 0.6) is 5.75 Å². The minimum absolute atomic E-state index is 0.297. The van der Waals surface area contributed by atoms with Gasteiger partial charge in [0.15, 0.2) is 0 Å². The third-order valence-corrected chi connectivity index (χ3v) is 8.27. The molecule has 4 aromatic rings. The number of ether oxygens (including phenoxy) is 1. The second-order valence-corrected chi connectivity index (χ2v) is 10.7. The van der Waals surface area contributed by atoms with E-state index in [1.54, 1.807) is 30.5 Å². The van der Waals surface area contributed by atoms with Gasteiger partial charge in [0.25, 0.3) is 10.0 Å². The van der Waals surface area contributed by atoms with Crippen molar-refractivity contribution >= 4 is 26.6 Å². The van der Waals surface area contributed by atoms with E-state index in [-0.39, 0.29) is 0 Å². The van der Waals surface area contributed by atoms with Crippen molar-refractivity contribution in [3.05, 3.63) is 91.1 Å². The number of hydrogen-bond acceptors (Lipinski definition) is 5. The Kier molecular flexibility index (Phi) is 7.06. The van der Waals surface area contributed by atoms with Crippen molar-refractivity contribution in [3.8, 4) is 5.75 Å². The van der Waals surface area contributed by atoms with E-state index < -0.39 is 10.0 Å². The first-order chi connectivity index (χ1) is 17.1. The van der Waals surface area contributed by atoms with Crippen molar-refractivity contribution in [2.24, 2.45) is 0 Å². The topological polar surface area (TPSA) is 54.8 Å². The van der Waals surface area contributed by atoms with Gasteiger partial charge in [-0.1, -0.05) is 42.5 Å². The van der Waals surface area contributed by atoms with Crippen LogP contribution in [-0.2, 0) is 10.0 Å². The first-order valence-electron chi connectivity index (χ1n) is 12.2. The number of rotatable bonds is 9. The lowest BCUT2D eigenvalue weighted by atomic mass is 10.1. The Balaban J connectivity index is 1.18. The zero-order valence-electron chi connectivity index (χ0n) is 19.8. The Morgan fingerprint density at radius 2 is 1.46 bits per heavy atom. The summed E-state index contributed by atoms with van der Waals surface area (Å²) in [4.78, 5) is 5.17. The van der Waals surface area contributed by atoms with Crippen LogP contribution in [-0.4, -0.2) is 56.6 Å². The molecule has 35 heavy (non-hydrogen) atoms. The molecule has 0 saturated carbocycles. The number of unbranched alkanes of at least 4 members (excludes halogenated alkanes) is 1. The van der Waals surface area contributed by atoms with E-state index in [0.29, 0.717) is 10.4 Å². The zero-order valence-corrected chi connectivity index (χ0v) is 20.6. The minimum atomic E-state index is -3.63. The van der Waals surface area contributed by atoms with E-state index in [4.69, 9.17) is 4.74 Å². The molecule has 182 valence electrons. The van der Waals surface area contributed by atoms with Crippen molar-refractivity contribution in [3.63, 3.8) is 0 Å². The molecule has 1 aliphatic heterocycles. The fraction of sp³-hybridized carbons (Fsp3) is 0.286. The van der Waals surface area contributed by atoms with Gasteiger partial charge in [0, 0.05) is 43.4 Å². The summed E-state index contributed by atoms with van der Waals surface area (Å²) in [5.74, 6) is 0.931. The van der Waals surface area contributed by atoms with Crippen LogP contribution in [0.25, 0.3) is 10.9 Å². The quantitative estimate of drug-likeness (QED) is 0.314. The van der Waals surface area contributed by atoms with E-state index in [2.05, 4.69) is 15.9 Å². The Morgan fingerprint density at radius 1 is 0.743 bits per heavy atom. The smallest absolute Gasteiger partial charge is 0.268 e. The van der Waals surface area contributed by atoms with Gasteiger partial charge in [-0.25, -0.2) is 12.4 Å². The van der Waals surface area contributed by atoms with Gasteiger partial charge in [-0.2, -0.15) is 0 Å². The molecule has 0 aliphatic carbocycles. The summed E-state index contributed by atoms with van der Waals surface area (Å²) in [5, 5.41) is 0.971. The fourth-order valence-electron chi connectivity index (χ4n) is 4.67. The molecule has 6 nitrogen and oxygen atoms in total. The third kappa shape index (κ3) is 5.21. The summed E-state index contributed by atoms with van der Waals surface area (Å²) in [7, 11) is -3.63. The lowest BCUT2D eigenvalue weighted by molar-refractivity contribution is 0.239. The molecule has 0 atom stereocenters. The molecule has 0 bridgehead atoms. The molecule has 3 aromatic carbocycles. The average molecular weight is 490 g/mol. The van der Waals surface area contributed by atoms with Crippen molar-refractivity contribution in [1.29, 1.82) is 0 Å². The van der Waals surface area contributed by atoms with Crippen LogP contribution >= 0.6 is 0 Å². The molecule has 0 unspecified atom stereocenters. The number of para-hydroxylation sites is 1. The number of aromatic nitrogens is 1. The number of nitrogens with zero attached hydrogens (tertiary/aromatic N) is 3. The van der Waals surface area contributed by atoms with Gasteiger partial charge in [0.05, 0.1) is 17.0 Å². The Labute approximate surface area is 207 Å². The van der Waals surface area contributed by atoms with E-state index in [9.17, 15) is 8.42 Å². The Hall–Kier alpha value is -3.29. The molecule has 1 aliphatic rings. The number of piperazine rings is 1. The van der Waals surface area contributed by atoms with Gasteiger partial charge in [-0.15, -0.1) is 0 Å². The highest BCUT2D eigenvalue weighted by Gasteiger charge is 2.22. The first kappa shape index (κ1) is 23.5. The maximum atomic E-state index is 13.2. The van der Waals surface area contributed by atoms with E-state index in [0.717, 1.165) is 69.0 Å². The van der Waals surface area contributed by atoms with Crippen LogP contribution in [0, 0.1) is 0 Å². The first-order valence-corrected chi connectivity index (χ1v) is 13.6. The normalized spacial score (nSPS) is 14.9. The van der Waals surface area contributed by atoms with Crippen LogP contribution in [0.4, 0.5) is 5.69 Å². The fourth-order valence-corrected chi connectivity index (χ4v) is 6.04. The maximum absolute atomic E-state index is 13.2. The van der Waals surface area contributed by atoms with Crippen molar-refractivity contribution in [2.45, 2.75) is 17.7 Å². The third-order valence-electron chi connectivity index (χ3n) is 6.57. The zero-order chi connectivity index (χ0) is 24.1. The van der Waals surface area contributed by atoms with E-state index >= 15 is 0 Å². The molecule has 7 heteroatoms. The minimum Gasteiger partial charge on any atom is -0.494 e. The SMILES string of the molecule is O=S(=O)(c1ccccc1)n1ccc2c(N3CCN(CCCCOc4ccccc4)CC3)cccc21. The second-order valence-electron chi connectivity index (χ2n) is 8.84. The summed E-state index contributed by atoms with van der Waals surface area (Å²) in [5.41, 5.74) is 1.81.